The van der Waals surface area contributed by atoms with Gasteiger partial charge in [-0.3, -0.25) is 0 Å². The van der Waals surface area contributed by atoms with Crippen LogP contribution in [0.3, 0.4) is 0 Å². The summed E-state index contributed by atoms with van der Waals surface area (Å²) < 4.78 is 0. The second-order valence-electron chi connectivity index (χ2n) is 3.26. The SMILES string of the molecule is NC1[C@@H]2CCC[C@H]1C2. The van der Waals surface area contributed by atoms with Crippen LogP contribution in [0.15, 0.2) is 0 Å². The summed E-state index contributed by atoms with van der Waals surface area (Å²) in [6, 6.07) is 0.601. The Kier molecular flexibility index (Phi) is 0.884. The quantitative estimate of drug-likeness (QED) is 0.498. The fraction of sp³-hybridized carbons (Fsp3) is 1.00. The maximum absolute atomic E-state index is 5.83. The Morgan fingerprint density at radius 2 is 1.75 bits per heavy atom. The zero-order valence-electron chi connectivity index (χ0n) is 5.14. The molecule has 3 aliphatic rings. The molecule has 3 rings (SSSR count). The predicted octanol–water partition coefficient (Wildman–Crippen LogP) is 1.13. The molecule has 1 heteroatoms. The molecule has 8 heavy (non-hydrogen) atoms. The van der Waals surface area contributed by atoms with Crippen LogP contribution in [0.25, 0.3) is 0 Å². The summed E-state index contributed by atoms with van der Waals surface area (Å²) in [7, 11) is 0. The van der Waals surface area contributed by atoms with Gasteiger partial charge >= 0.3 is 0 Å². The van der Waals surface area contributed by atoms with Crippen molar-refractivity contribution < 1.29 is 0 Å². The van der Waals surface area contributed by atoms with Crippen LogP contribution in [0.1, 0.15) is 25.7 Å². The van der Waals surface area contributed by atoms with Gasteiger partial charge in [0.25, 0.3) is 0 Å². The van der Waals surface area contributed by atoms with Gasteiger partial charge in [0.05, 0.1) is 0 Å². The van der Waals surface area contributed by atoms with Gasteiger partial charge in [0.15, 0.2) is 0 Å². The molecule has 0 radical (unpaired) electrons. The van der Waals surface area contributed by atoms with Gasteiger partial charge in [-0.1, -0.05) is 6.42 Å². The second kappa shape index (κ2) is 1.47. The molecule has 3 saturated carbocycles. The Bertz CT molecular complexity index is 86.6. The lowest BCUT2D eigenvalue weighted by molar-refractivity contribution is 0.0770. The Morgan fingerprint density at radius 1 is 1.12 bits per heavy atom. The van der Waals surface area contributed by atoms with Crippen LogP contribution in [0.5, 0.6) is 0 Å². The molecule has 0 amide bonds. The molecule has 0 spiro atoms. The molecule has 0 heterocycles. The largest absolute Gasteiger partial charge is 0.327 e. The van der Waals surface area contributed by atoms with Crippen LogP contribution in [0, 0.1) is 11.8 Å². The Morgan fingerprint density at radius 3 is 2.00 bits per heavy atom. The second-order valence-corrected chi connectivity index (χ2v) is 3.26. The van der Waals surface area contributed by atoms with Crippen LogP contribution in [-0.4, -0.2) is 6.04 Å². The molecule has 0 aromatic carbocycles. The highest BCUT2D eigenvalue weighted by Crippen LogP contribution is 2.44. The average Bonchev–Trinajstić information content (AvgIpc) is 1.89. The van der Waals surface area contributed by atoms with Gasteiger partial charge in [0.1, 0.15) is 0 Å². The van der Waals surface area contributed by atoms with E-state index in [1.807, 2.05) is 0 Å². The van der Waals surface area contributed by atoms with Gasteiger partial charge in [-0.2, -0.15) is 0 Å². The summed E-state index contributed by atoms with van der Waals surface area (Å²) >= 11 is 0. The first kappa shape index (κ1) is 4.80. The Labute approximate surface area is 50.3 Å². The van der Waals surface area contributed by atoms with E-state index in [9.17, 15) is 0 Å². The number of rotatable bonds is 0. The monoisotopic (exact) mass is 111 g/mol. The number of hydrogen-bond donors (Lipinski definition) is 1. The fourth-order valence-electron chi connectivity index (χ4n) is 2.16. The van der Waals surface area contributed by atoms with E-state index in [1.54, 1.807) is 0 Å². The lowest BCUT2D eigenvalue weighted by atomic mass is 9.62. The maximum atomic E-state index is 5.83. The van der Waals surface area contributed by atoms with E-state index in [-0.39, 0.29) is 0 Å². The lowest BCUT2D eigenvalue weighted by Gasteiger charge is -2.47. The van der Waals surface area contributed by atoms with Crippen molar-refractivity contribution in [3.05, 3.63) is 0 Å². The van der Waals surface area contributed by atoms with Crippen molar-refractivity contribution in [1.29, 1.82) is 0 Å². The van der Waals surface area contributed by atoms with Crippen molar-refractivity contribution in [3.63, 3.8) is 0 Å². The third-order valence-corrected chi connectivity index (χ3v) is 2.84. The molecule has 2 N–H and O–H groups in total. The van der Waals surface area contributed by atoms with Gasteiger partial charge in [0.2, 0.25) is 0 Å². The molecular formula is C7H13N. The minimum atomic E-state index is 0.601. The first-order chi connectivity index (χ1) is 3.88. The summed E-state index contributed by atoms with van der Waals surface area (Å²) in [6.07, 6.45) is 5.72. The van der Waals surface area contributed by atoms with Gasteiger partial charge in [-0.05, 0) is 31.1 Å². The molecular weight excluding hydrogens is 98.1 g/mol. The summed E-state index contributed by atoms with van der Waals surface area (Å²) in [6.45, 7) is 0. The van der Waals surface area contributed by atoms with Gasteiger partial charge in [-0.25, -0.2) is 0 Å². The molecule has 2 bridgehead atoms. The molecule has 3 aliphatic carbocycles. The molecule has 46 valence electrons. The number of nitrogens with two attached hydrogens (primary N) is 1. The average molecular weight is 111 g/mol. The molecule has 1 nitrogen and oxygen atoms in total. The van der Waals surface area contributed by atoms with Crippen LogP contribution >= 0.6 is 0 Å². The minimum absolute atomic E-state index is 0.601. The summed E-state index contributed by atoms with van der Waals surface area (Å²) in [4.78, 5) is 0. The first-order valence-electron chi connectivity index (χ1n) is 3.63. The highest BCUT2D eigenvalue weighted by molar-refractivity contribution is 4.95. The topological polar surface area (TPSA) is 26.0 Å². The predicted molar refractivity (Wildman–Crippen MR) is 33.4 cm³/mol. The van der Waals surface area contributed by atoms with Crippen molar-refractivity contribution in [2.75, 3.05) is 0 Å². The van der Waals surface area contributed by atoms with E-state index in [4.69, 9.17) is 5.73 Å². The van der Waals surface area contributed by atoms with Crippen LogP contribution < -0.4 is 5.73 Å². The number of fused-ring (bicyclic) bond motifs is 2. The van der Waals surface area contributed by atoms with E-state index >= 15 is 0 Å². The third-order valence-electron chi connectivity index (χ3n) is 2.84. The van der Waals surface area contributed by atoms with E-state index in [0.717, 1.165) is 11.8 Å². The van der Waals surface area contributed by atoms with Crippen molar-refractivity contribution >= 4 is 0 Å². The molecule has 3 atom stereocenters. The molecule has 0 aliphatic heterocycles. The highest BCUT2D eigenvalue weighted by Gasteiger charge is 2.40. The normalized spacial score (nSPS) is 52.9. The van der Waals surface area contributed by atoms with E-state index in [1.165, 1.54) is 25.7 Å². The summed E-state index contributed by atoms with van der Waals surface area (Å²) in [5.74, 6) is 1.85. The fourth-order valence-corrected chi connectivity index (χ4v) is 2.16. The Balaban J connectivity index is 2.03. The minimum Gasteiger partial charge on any atom is -0.327 e. The van der Waals surface area contributed by atoms with Crippen LogP contribution in [0.4, 0.5) is 0 Å². The zero-order valence-corrected chi connectivity index (χ0v) is 5.14. The molecule has 0 aromatic heterocycles. The van der Waals surface area contributed by atoms with E-state index in [0.29, 0.717) is 6.04 Å². The highest BCUT2D eigenvalue weighted by atomic mass is 14.7. The van der Waals surface area contributed by atoms with Crippen LogP contribution in [-0.2, 0) is 0 Å². The number of hydrogen-bond acceptors (Lipinski definition) is 1. The van der Waals surface area contributed by atoms with Crippen molar-refractivity contribution in [2.45, 2.75) is 31.7 Å². The van der Waals surface area contributed by atoms with Gasteiger partial charge in [-0.15, -0.1) is 0 Å². The van der Waals surface area contributed by atoms with Crippen molar-refractivity contribution in [3.8, 4) is 0 Å². The summed E-state index contributed by atoms with van der Waals surface area (Å²) in [5.41, 5.74) is 5.83. The smallest absolute Gasteiger partial charge is 0.00958 e. The molecule has 0 aromatic rings. The van der Waals surface area contributed by atoms with Gasteiger partial charge < -0.3 is 5.73 Å². The van der Waals surface area contributed by atoms with E-state index < -0.39 is 0 Å². The zero-order chi connectivity index (χ0) is 5.56. The molecule has 3 fully saturated rings. The van der Waals surface area contributed by atoms with Crippen molar-refractivity contribution in [2.24, 2.45) is 17.6 Å². The van der Waals surface area contributed by atoms with Gasteiger partial charge in [0, 0.05) is 6.04 Å². The van der Waals surface area contributed by atoms with Crippen LogP contribution in [0.2, 0.25) is 0 Å². The maximum Gasteiger partial charge on any atom is 0.00958 e. The van der Waals surface area contributed by atoms with E-state index in [2.05, 4.69) is 0 Å². The summed E-state index contributed by atoms with van der Waals surface area (Å²) in [5, 5.41) is 0. The first-order valence-corrected chi connectivity index (χ1v) is 3.63. The third kappa shape index (κ3) is 0.455. The molecule has 0 saturated heterocycles. The van der Waals surface area contributed by atoms with Crippen molar-refractivity contribution in [1.82, 2.24) is 0 Å². The standard InChI is InChI=1S/C7H13N/c8-7-5-2-1-3-6(7)4-5/h5-7H,1-4,8H2/t5-,6+,7?. The Hall–Kier alpha value is -0.0400. The molecule has 1 unspecified atom stereocenters. The lowest BCUT2D eigenvalue weighted by Crippen LogP contribution is -2.51.